The van der Waals surface area contributed by atoms with Crippen molar-refractivity contribution in [2.75, 3.05) is 39.4 Å². The number of morpholine rings is 1. The van der Waals surface area contributed by atoms with Crippen LogP contribution in [0, 0.1) is 0 Å². The van der Waals surface area contributed by atoms with Crippen molar-refractivity contribution in [1.29, 1.82) is 0 Å². The lowest BCUT2D eigenvalue weighted by atomic mass is 10.2. The Hall–Kier alpha value is -2.48. The maximum Gasteiger partial charge on any atom is 0.186 e. The van der Waals surface area contributed by atoms with Gasteiger partial charge in [0, 0.05) is 19.6 Å². The average molecular weight is 413 g/mol. The van der Waals surface area contributed by atoms with Crippen LogP contribution in [0.5, 0.6) is 5.75 Å². The lowest BCUT2D eigenvalue weighted by Gasteiger charge is -2.26. The molecule has 1 aliphatic heterocycles. The maximum absolute atomic E-state index is 5.79. The third kappa shape index (κ3) is 8.19. The molecule has 0 atom stereocenters. The van der Waals surface area contributed by atoms with Gasteiger partial charge in [-0.25, -0.2) is 0 Å². The minimum absolute atomic E-state index is 0.533. The number of hydrogen-bond donors (Lipinski definition) is 2. The van der Waals surface area contributed by atoms with E-state index in [4.69, 9.17) is 21.7 Å². The molecule has 6 nitrogen and oxygen atoms in total. The van der Waals surface area contributed by atoms with Gasteiger partial charge in [-0.05, 0) is 60.6 Å². The van der Waals surface area contributed by atoms with Crippen molar-refractivity contribution in [2.24, 2.45) is 5.10 Å². The Bertz CT molecular complexity index is 762. The fraction of sp³-hybridized carbons (Fsp3) is 0.364. The fourth-order valence-electron chi connectivity index (χ4n) is 2.93. The van der Waals surface area contributed by atoms with Gasteiger partial charge in [0.1, 0.15) is 12.4 Å². The quantitative estimate of drug-likeness (QED) is 0.286. The van der Waals surface area contributed by atoms with Crippen LogP contribution in [-0.2, 0) is 11.3 Å². The van der Waals surface area contributed by atoms with Gasteiger partial charge in [-0.2, -0.15) is 5.10 Å². The van der Waals surface area contributed by atoms with Gasteiger partial charge in [0.25, 0.3) is 0 Å². The van der Waals surface area contributed by atoms with Crippen molar-refractivity contribution in [2.45, 2.75) is 13.0 Å². The molecule has 0 saturated carbocycles. The number of rotatable bonds is 9. The van der Waals surface area contributed by atoms with E-state index in [1.54, 1.807) is 6.21 Å². The van der Waals surface area contributed by atoms with Crippen molar-refractivity contribution in [3.8, 4) is 5.75 Å². The molecule has 0 unspecified atom stereocenters. The highest BCUT2D eigenvalue weighted by molar-refractivity contribution is 7.80. The number of thiocarbonyl (C=S) groups is 1. The van der Waals surface area contributed by atoms with Crippen LogP contribution >= 0.6 is 12.2 Å². The summed E-state index contributed by atoms with van der Waals surface area (Å²) >= 11 is 5.25. The molecule has 2 aromatic carbocycles. The van der Waals surface area contributed by atoms with E-state index in [0.29, 0.717) is 11.7 Å². The fourth-order valence-corrected chi connectivity index (χ4v) is 3.08. The number of benzene rings is 2. The van der Waals surface area contributed by atoms with Crippen molar-refractivity contribution in [3.63, 3.8) is 0 Å². The molecule has 0 bridgehead atoms. The van der Waals surface area contributed by atoms with E-state index >= 15 is 0 Å². The van der Waals surface area contributed by atoms with Gasteiger partial charge < -0.3 is 14.8 Å². The molecule has 0 spiro atoms. The minimum Gasteiger partial charge on any atom is -0.489 e. The smallest absolute Gasteiger partial charge is 0.186 e. The van der Waals surface area contributed by atoms with Gasteiger partial charge >= 0.3 is 0 Å². The monoisotopic (exact) mass is 412 g/mol. The standard InChI is InChI=1S/C22H28N4O2S/c29-22(23-11-4-12-26-13-15-27-16-14-26)25-24-17-19-7-9-21(10-8-19)28-18-20-5-2-1-3-6-20/h1-3,5-10,17H,4,11-16,18H2,(H2,23,25,29)/b24-17+. The van der Waals surface area contributed by atoms with Crippen LogP contribution < -0.4 is 15.5 Å². The zero-order valence-electron chi connectivity index (χ0n) is 16.5. The van der Waals surface area contributed by atoms with Gasteiger partial charge in [-0.3, -0.25) is 10.3 Å². The summed E-state index contributed by atoms with van der Waals surface area (Å²) in [6.07, 6.45) is 2.78. The van der Waals surface area contributed by atoms with E-state index in [0.717, 1.165) is 62.7 Å². The second-order valence-corrected chi connectivity index (χ2v) is 7.19. The highest BCUT2D eigenvalue weighted by atomic mass is 32.1. The second kappa shape index (κ2) is 12.2. The summed E-state index contributed by atoms with van der Waals surface area (Å²) < 4.78 is 11.1. The van der Waals surface area contributed by atoms with E-state index in [-0.39, 0.29) is 0 Å². The normalized spacial score (nSPS) is 14.6. The number of hydrogen-bond acceptors (Lipinski definition) is 5. The van der Waals surface area contributed by atoms with Gasteiger partial charge in [0.05, 0.1) is 19.4 Å². The number of nitrogens with one attached hydrogen (secondary N) is 2. The van der Waals surface area contributed by atoms with Crippen LogP contribution in [0.15, 0.2) is 59.7 Å². The van der Waals surface area contributed by atoms with E-state index in [9.17, 15) is 0 Å². The summed E-state index contributed by atoms with van der Waals surface area (Å²) in [7, 11) is 0. The van der Waals surface area contributed by atoms with E-state index < -0.39 is 0 Å². The molecule has 154 valence electrons. The Morgan fingerprint density at radius 2 is 1.86 bits per heavy atom. The molecule has 3 rings (SSSR count). The average Bonchev–Trinajstić information content (AvgIpc) is 2.78. The van der Waals surface area contributed by atoms with Crippen molar-refractivity contribution in [1.82, 2.24) is 15.6 Å². The van der Waals surface area contributed by atoms with Gasteiger partial charge in [-0.15, -0.1) is 0 Å². The van der Waals surface area contributed by atoms with Gasteiger partial charge in [0.15, 0.2) is 5.11 Å². The first kappa shape index (κ1) is 21.2. The minimum atomic E-state index is 0.533. The molecule has 1 fully saturated rings. The zero-order valence-corrected chi connectivity index (χ0v) is 17.4. The largest absolute Gasteiger partial charge is 0.489 e. The lowest BCUT2D eigenvalue weighted by Crippen LogP contribution is -2.39. The Morgan fingerprint density at radius 3 is 2.62 bits per heavy atom. The molecular weight excluding hydrogens is 384 g/mol. The Balaban J connectivity index is 1.30. The molecule has 29 heavy (non-hydrogen) atoms. The molecule has 1 heterocycles. The van der Waals surface area contributed by atoms with Crippen molar-refractivity contribution >= 4 is 23.5 Å². The third-order valence-electron chi connectivity index (χ3n) is 4.55. The molecule has 2 aromatic rings. The Labute approximate surface area is 177 Å². The summed E-state index contributed by atoms with van der Waals surface area (Å²) in [5, 5.41) is 7.90. The summed E-state index contributed by atoms with van der Waals surface area (Å²) in [5.41, 5.74) is 4.97. The van der Waals surface area contributed by atoms with Gasteiger partial charge in [-0.1, -0.05) is 30.3 Å². The molecule has 1 aliphatic rings. The molecule has 0 aliphatic carbocycles. The molecule has 0 aromatic heterocycles. The molecule has 1 saturated heterocycles. The summed E-state index contributed by atoms with van der Waals surface area (Å²) in [4.78, 5) is 2.41. The number of ether oxygens (including phenoxy) is 2. The predicted octanol–water partition coefficient (Wildman–Crippen LogP) is 2.79. The number of hydrazone groups is 1. The van der Waals surface area contributed by atoms with Crippen LogP contribution in [0.4, 0.5) is 0 Å². The topological polar surface area (TPSA) is 58.1 Å². The van der Waals surface area contributed by atoms with E-state index in [2.05, 4.69) is 20.7 Å². The highest BCUT2D eigenvalue weighted by Gasteiger charge is 2.09. The van der Waals surface area contributed by atoms with Crippen LogP contribution in [0.2, 0.25) is 0 Å². The third-order valence-corrected chi connectivity index (χ3v) is 4.78. The van der Waals surface area contributed by atoms with E-state index in [1.165, 1.54) is 0 Å². The first-order valence-corrected chi connectivity index (χ1v) is 10.3. The van der Waals surface area contributed by atoms with E-state index in [1.807, 2.05) is 54.6 Å². The predicted molar refractivity (Wildman–Crippen MR) is 120 cm³/mol. The molecule has 7 heteroatoms. The van der Waals surface area contributed by atoms with Crippen LogP contribution in [0.3, 0.4) is 0 Å². The summed E-state index contributed by atoms with van der Waals surface area (Å²) in [5.74, 6) is 0.830. The highest BCUT2D eigenvalue weighted by Crippen LogP contribution is 2.13. The van der Waals surface area contributed by atoms with Crippen molar-refractivity contribution < 1.29 is 9.47 Å². The lowest BCUT2D eigenvalue weighted by molar-refractivity contribution is 0.0376. The van der Waals surface area contributed by atoms with Crippen molar-refractivity contribution in [3.05, 3.63) is 65.7 Å². The van der Waals surface area contributed by atoms with Gasteiger partial charge in [0.2, 0.25) is 0 Å². The van der Waals surface area contributed by atoms with Crippen LogP contribution in [-0.4, -0.2) is 55.6 Å². The Morgan fingerprint density at radius 1 is 1.10 bits per heavy atom. The molecule has 0 amide bonds. The molecular formula is C22H28N4O2S. The first-order chi connectivity index (χ1) is 14.3. The first-order valence-electron chi connectivity index (χ1n) is 9.93. The summed E-state index contributed by atoms with van der Waals surface area (Å²) in [6.45, 7) is 6.14. The molecule has 2 N–H and O–H groups in total. The summed E-state index contributed by atoms with van der Waals surface area (Å²) in [6, 6.07) is 17.9. The van der Waals surface area contributed by atoms with Crippen LogP contribution in [0.25, 0.3) is 0 Å². The second-order valence-electron chi connectivity index (χ2n) is 6.78. The zero-order chi connectivity index (χ0) is 20.2. The maximum atomic E-state index is 5.79. The molecule has 0 radical (unpaired) electrons. The Kier molecular flexibility index (Phi) is 8.90. The van der Waals surface area contributed by atoms with Crippen LogP contribution in [0.1, 0.15) is 17.5 Å². The number of nitrogens with zero attached hydrogens (tertiary/aromatic N) is 2. The SMILES string of the molecule is S=C(NCCCN1CCOCC1)N/N=C/c1ccc(OCc2ccccc2)cc1.